The second kappa shape index (κ2) is 7.32. The highest BCUT2D eigenvalue weighted by Gasteiger charge is 2.23. The molecule has 3 rings (SSSR count). The number of hydrogen-bond donors (Lipinski definition) is 1. The van der Waals surface area contributed by atoms with E-state index in [4.69, 9.17) is 4.99 Å². The van der Waals surface area contributed by atoms with Crippen LogP contribution < -0.4 is 5.32 Å². The van der Waals surface area contributed by atoms with E-state index in [-0.39, 0.29) is 0 Å². The molecule has 1 aromatic rings. The molecule has 2 aliphatic heterocycles. The second-order valence-electron chi connectivity index (χ2n) is 7.07. The first-order chi connectivity index (χ1) is 11.2. The molecule has 2 atom stereocenters. The maximum absolute atomic E-state index is 4.96. The summed E-state index contributed by atoms with van der Waals surface area (Å²) in [6.07, 6.45) is 4.81. The molecule has 6 nitrogen and oxygen atoms in total. The van der Waals surface area contributed by atoms with Crippen molar-refractivity contribution < 1.29 is 0 Å². The van der Waals surface area contributed by atoms with Gasteiger partial charge in [-0.25, -0.2) is 0 Å². The van der Waals surface area contributed by atoms with Crippen molar-refractivity contribution in [1.29, 1.82) is 0 Å². The van der Waals surface area contributed by atoms with Gasteiger partial charge in [-0.15, -0.1) is 10.2 Å². The van der Waals surface area contributed by atoms with Crippen LogP contribution in [0.1, 0.15) is 44.8 Å². The van der Waals surface area contributed by atoms with Crippen molar-refractivity contribution in [2.75, 3.05) is 26.2 Å². The number of aromatic nitrogens is 3. The Kier molecular flexibility index (Phi) is 5.18. The van der Waals surface area contributed by atoms with Crippen LogP contribution in [0.25, 0.3) is 0 Å². The molecule has 0 amide bonds. The molecule has 1 fully saturated rings. The maximum atomic E-state index is 4.96. The summed E-state index contributed by atoms with van der Waals surface area (Å²) in [5.41, 5.74) is 0. The van der Waals surface area contributed by atoms with Gasteiger partial charge < -0.3 is 14.8 Å². The minimum Gasteiger partial charge on any atom is -0.357 e. The lowest BCUT2D eigenvalue weighted by atomic mass is 9.99. The van der Waals surface area contributed by atoms with Gasteiger partial charge in [-0.1, -0.05) is 6.92 Å². The molecule has 1 saturated heterocycles. The van der Waals surface area contributed by atoms with Crippen LogP contribution >= 0.6 is 0 Å². The molecule has 2 aliphatic rings. The SMILES string of the molecule is CCNC(=NCC1CCc2nnc(C)n2C1)N1CCCC(C)C1. The zero-order chi connectivity index (χ0) is 16.2. The highest BCUT2D eigenvalue weighted by Crippen LogP contribution is 2.20. The molecule has 1 aromatic heterocycles. The molecule has 0 radical (unpaired) electrons. The maximum Gasteiger partial charge on any atom is 0.193 e. The van der Waals surface area contributed by atoms with Gasteiger partial charge in [-0.3, -0.25) is 4.99 Å². The van der Waals surface area contributed by atoms with Gasteiger partial charge in [0.05, 0.1) is 0 Å². The van der Waals surface area contributed by atoms with Crippen LogP contribution in [-0.2, 0) is 13.0 Å². The molecule has 23 heavy (non-hydrogen) atoms. The first-order valence-electron chi connectivity index (χ1n) is 9.09. The molecule has 1 N–H and O–H groups in total. The van der Waals surface area contributed by atoms with Crippen molar-refractivity contribution >= 4 is 5.96 Å². The quantitative estimate of drug-likeness (QED) is 0.682. The largest absolute Gasteiger partial charge is 0.357 e. The molecule has 0 bridgehead atoms. The number of piperidine rings is 1. The van der Waals surface area contributed by atoms with E-state index in [2.05, 4.69) is 38.8 Å². The van der Waals surface area contributed by atoms with Crippen LogP contribution in [0.4, 0.5) is 0 Å². The molecular formula is C17H30N6. The van der Waals surface area contributed by atoms with E-state index in [0.29, 0.717) is 5.92 Å². The lowest BCUT2D eigenvalue weighted by molar-refractivity contribution is 0.264. The van der Waals surface area contributed by atoms with Crippen molar-refractivity contribution in [3.8, 4) is 0 Å². The third-order valence-corrected chi connectivity index (χ3v) is 5.02. The Bertz CT molecular complexity index is 549. The molecule has 0 spiro atoms. The monoisotopic (exact) mass is 318 g/mol. The third kappa shape index (κ3) is 3.85. The van der Waals surface area contributed by atoms with Gasteiger partial charge in [0.25, 0.3) is 0 Å². The fourth-order valence-electron chi connectivity index (χ4n) is 3.70. The Hall–Kier alpha value is -1.59. The lowest BCUT2D eigenvalue weighted by Gasteiger charge is -2.34. The van der Waals surface area contributed by atoms with E-state index in [9.17, 15) is 0 Å². The summed E-state index contributed by atoms with van der Waals surface area (Å²) >= 11 is 0. The Balaban J connectivity index is 1.63. The van der Waals surface area contributed by atoms with Crippen molar-refractivity contribution in [1.82, 2.24) is 25.0 Å². The third-order valence-electron chi connectivity index (χ3n) is 5.02. The van der Waals surface area contributed by atoms with Crippen molar-refractivity contribution in [3.05, 3.63) is 11.6 Å². The molecule has 0 aliphatic carbocycles. The first-order valence-corrected chi connectivity index (χ1v) is 9.09. The van der Waals surface area contributed by atoms with Gasteiger partial charge in [-0.2, -0.15) is 0 Å². The Labute approximate surface area is 139 Å². The summed E-state index contributed by atoms with van der Waals surface area (Å²) < 4.78 is 2.26. The van der Waals surface area contributed by atoms with E-state index in [1.807, 2.05) is 6.92 Å². The second-order valence-corrected chi connectivity index (χ2v) is 7.07. The van der Waals surface area contributed by atoms with Gasteiger partial charge in [0.15, 0.2) is 5.96 Å². The summed E-state index contributed by atoms with van der Waals surface area (Å²) in [5, 5.41) is 11.9. The minimum atomic E-state index is 0.591. The summed E-state index contributed by atoms with van der Waals surface area (Å²) in [4.78, 5) is 7.40. The Morgan fingerprint density at radius 1 is 1.30 bits per heavy atom. The number of rotatable bonds is 3. The topological polar surface area (TPSA) is 58.3 Å². The number of fused-ring (bicyclic) bond motifs is 1. The average Bonchev–Trinajstić information content (AvgIpc) is 2.92. The van der Waals surface area contributed by atoms with E-state index in [1.165, 1.54) is 12.8 Å². The van der Waals surface area contributed by atoms with Gasteiger partial charge in [0, 0.05) is 39.1 Å². The zero-order valence-corrected chi connectivity index (χ0v) is 14.8. The van der Waals surface area contributed by atoms with E-state index < -0.39 is 0 Å². The predicted molar refractivity (Wildman–Crippen MR) is 92.5 cm³/mol. The molecule has 2 unspecified atom stereocenters. The van der Waals surface area contributed by atoms with Crippen LogP contribution in [-0.4, -0.2) is 51.8 Å². The van der Waals surface area contributed by atoms with Gasteiger partial charge in [0.2, 0.25) is 0 Å². The highest BCUT2D eigenvalue weighted by atomic mass is 15.3. The molecule has 0 saturated carbocycles. The lowest BCUT2D eigenvalue weighted by Crippen LogP contribution is -2.46. The molecule has 6 heteroatoms. The van der Waals surface area contributed by atoms with Crippen molar-refractivity contribution in [2.45, 2.75) is 53.0 Å². The van der Waals surface area contributed by atoms with Gasteiger partial charge in [-0.05, 0) is 44.9 Å². The van der Waals surface area contributed by atoms with Crippen LogP contribution in [0.5, 0.6) is 0 Å². The number of likely N-dealkylation sites (tertiary alicyclic amines) is 1. The number of guanidine groups is 1. The molecule has 3 heterocycles. The van der Waals surface area contributed by atoms with Gasteiger partial charge >= 0.3 is 0 Å². The highest BCUT2D eigenvalue weighted by molar-refractivity contribution is 5.80. The fourth-order valence-corrected chi connectivity index (χ4v) is 3.70. The van der Waals surface area contributed by atoms with Crippen LogP contribution in [0, 0.1) is 18.8 Å². The summed E-state index contributed by atoms with van der Waals surface area (Å²) in [6.45, 7) is 11.6. The van der Waals surface area contributed by atoms with Crippen LogP contribution in [0.3, 0.4) is 0 Å². The normalized spacial score (nSPS) is 25.3. The minimum absolute atomic E-state index is 0.591. The molecule has 128 valence electrons. The fraction of sp³-hybridized carbons (Fsp3) is 0.824. The smallest absolute Gasteiger partial charge is 0.193 e. The first kappa shape index (κ1) is 16.3. The van der Waals surface area contributed by atoms with Crippen LogP contribution in [0.15, 0.2) is 4.99 Å². The van der Waals surface area contributed by atoms with Gasteiger partial charge in [0.1, 0.15) is 11.6 Å². The number of nitrogens with one attached hydrogen (secondary N) is 1. The Morgan fingerprint density at radius 3 is 2.96 bits per heavy atom. The zero-order valence-electron chi connectivity index (χ0n) is 14.8. The average molecular weight is 318 g/mol. The molecular weight excluding hydrogens is 288 g/mol. The van der Waals surface area contributed by atoms with Crippen molar-refractivity contribution in [3.63, 3.8) is 0 Å². The van der Waals surface area contributed by atoms with Crippen molar-refractivity contribution in [2.24, 2.45) is 16.8 Å². The summed E-state index contributed by atoms with van der Waals surface area (Å²) in [7, 11) is 0. The number of aliphatic imine (C=N–C) groups is 1. The number of nitrogens with zero attached hydrogens (tertiary/aromatic N) is 5. The predicted octanol–water partition coefficient (Wildman–Crippen LogP) is 1.85. The van der Waals surface area contributed by atoms with Crippen LogP contribution in [0.2, 0.25) is 0 Å². The molecule has 0 aromatic carbocycles. The van der Waals surface area contributed by atoms with E-state index in [0.717, 1.165) is 69.1 Å². The Morgan fingerprint density at radius 2 is 2.17 bits per heavy atom. The summed E-state index contributed by atoms with van der Waals surface area (Å²) in [6, 6.07) is 0. The number of aryl methyl sites for hydroxylation is 2. The standard InChI is InChI=1S/C17H30N6/c1-4-18-17(22-9-5-6-13(2)11-22)19-10-15-7-8-16-21-20-14(3)23(16)12-15/h13,15H,4-12H2,1-3H3,(H,18,19). The van der Waals surface area contributed by atoms with E-state index >= 15 is 0 Å². The summed E-state index contributed by atoms with van der Waals surface area (Å²) in [5.74, 6) is 4.63. The number of hydrogen-bond acceptors (Lipinski definition) is 3. The van der Waals surface area contributed by atoms with E-state index in [1.54, 1.807) is 0 Å².